The van der Waals surface area contributed by atoms with Crippen molar-refractivity contribution in [1.82, 2.24) is 4.90 Å². The minimum atomic E-state index is -0.993. The Morgan fingerprint density at radius 1 is 1.10 bits per heavy atom. The quantitative estimate of drug-likeness (QED) is 0.588. The van der Waals surface area contributed by atoms with Gasteiger partial charge in [0.25, 0.3) is 0 Å². The summed E-state index contributed by atoms with van der Waals surface area (Å²) in [5.74, 6) is -0.546. The van der Waals surface area contributed by atoms with Crippen LogP contribution in [0.2, 0.25) is 0 Å². The lowest BCUT2D eigenvalue weighted by Crippen LogP contribution is -2.44. The van der Waals surface area contributed by atoms with Crippen LogP contribution in [0.25, 0.3) is 0 Å². The normalized spacial score (nSPS) is 14.0. The summed E-state index contributed by atoms with van der Waals surface area (Å²) in [6.45, 7) is 10.8. The third kappa shape index (κ3) is 6.08. The van der Waals surface area contributed by atoms with Crippen molar-refractivity contribution < 1.29 is 19.1 Å². The summed E-state index contributed by atoms with van der Waals surface area (Å²) < 4.78 is 10.6. The summed E-state index contributed by atoms with van der Waals surface area (Å²) in [6.07, 6.45) is 2.08. The second kappa shape index (κ2) is 6.77. The monoisotopic (exact) mass is 285 g/mol. The minimum Gasteiger partial charge on any atom is -0.457 e. The molecule has 116 valence electrons. The van der Waals surface area contributed by atoms with Gasteiger partial charge in [-0.15, -0.1) is 0 Å². The topological polar surface area (TPSA) is 55.8 Å². The minimum absolute atomic E-state index is 0.546. The fourth-order valence-corrected chi connectivity index (χ4v) is 1.58. The second-order valence-electron chi connectivity index (χ2n) is 6.51. The largest absolute Gasteiger partial charge is 0.457 e. The van der Waals surface area contributed by atoms with Gasteiger partial charge >= 0.3 is 12.1 Å². The van der Waals surface area contributed by atoms with E-state index in [4.69, 9.17) is 9.47 Å². The van der Waals surface area contributed by atoms with Crippen LogP contribution < -0.4 is 0 Å². The van der Waals surface area contributed by atoms with Gasteiger partial charge in [0.2, 0.25) is 6.10 Å². The maximum absolute atomic E-state index is 12.3. The van der Waals surface area contributed by atoms with Crippen molar-refractivity contribution in [3.63, 3.8) is 0 Å². The molecule has 5 nitrogen and oxygen atoms in total. The van der Waals surface area contributed by atoms with Gasteiger partial charge in [-0.3, -0.25) is 0 Å². The Hall–Kier alpha value is -1.52. The number of nitrogens with zero attached hydrogens (tertiary/aromatic N) is 1. The Balaban J connectivity index is 5.26. The van der Waals surface area contributed by atoms with Gasteiger partial charge in [-0.2, -0.15) is 0 Å². The molecule has 0 bridgehead atoms. The molecule has 0 saturated heterocycles. The lowest BCUT2D eigenvalue weighted by molar-refractivity contribution is -0.170. The van der Waals surface area contributed by atoms with Crippen LogP contribution in [0.4, 0.5) is 4.79 Å². The molecule has 20 heavy (non-hydrogen) atoms. The summed E-state index contributed by atoms with van der Waals surface area (Å²) in [5.41, 5.74) is -1.28. The molecule has 0 aliphatic rings. The highest BCUT2D eigenvalue weighted by atomic mass is 16.6. The first-order valence-corrected chi connectivity index (χ1v) is 6.65. The van der Waals surface area contributed by atoms with E-state index in [0.717, 1.165) is 0 Å². The smallest absolute Gasteiger partial charge is 0.410 e. The Labute approximate surface area is 121 Å². The average molecular weight is 285 g/mol. The summed E-state index contributed by atoms with van der Waals surface area (Å²) in [7, 11) is 3.13. The van der Waals surface area contributed by atoms with E-state index in [-0.39, 0.29) is 0 Å². The fraction of sp³-hybridized carbons (Fsp3) is 0.733. The third-order valence-electron chi connectivity index (χ3n) is 2.48. The maximum atomic E-state index is 12.3. The van der Waals surface area contributed by atoms with Crippen LogP contribution in [0.1, 0.15) is 41.5 Å². The van der Waals surface area contributed by atoms with Crippen molar-refractivity contribution in [2.45, 2.75) is 53.2 Å². The molecule has 1 atom stereocenters. The number of amides is 1. The predicted molar refractivity (Wildman–Crippen MR) is 78.4 cm³/mol. The highest BCUT2D eigenvalue weighted by Crippen LogP contribution is 2.28. The van der Waals surface area contributed by atoms with Gasteiger partial charge in [-0.05, 0) is 27.7 Å². The molecule has 5 heteroatoms. The number of hydrogen-bond donors (Lipinski definition) is 0. The van der Waals surface area contributed by atoms with Crippen molar-refractivity contribution in [3.05, 3.63) is 12.2 Å². The summed E-state index contributed by atoms with van der Waals surface area (Å²) >= 11 is 0. The first kappa shape index (κ1) is 18.5. The Kier molecular flexibility index (Phi) is 6.26. The molecule has 0 aromatic rings. The summed E-state index contributed by atoms with van der Waals surface area (Å²) in [5, 5.41) is 0. The molecule has 0 N–H and O–H groups in total. The number of rotatable bonds is 4. The van der Waals surface area contributed by atoms with Crippen molar-refractivity contribution >= 4 is 12.1 Å². The van der Waals surface area contributed by atoms with E-state index in [2.05, 4.69) is 0 Å². The van der Waals surface area contributed by atoms with E-state index >= 15 is 0 Å². The lowest BCUT2D eigenvalue weighted by atomic mass is 9.86. The Bertz CT molecular complexity index is 378. The van der Waals surface area contributed by atoms with Crippen LogP contribution in [-0.2, 0) is 14.3 Å². The van der Waals surface area contributed by atoms with Crippen LogP contribution in [0.5, 0.6) is 0 Å². The van der Waals surface area contributed by atoms with Crippen molar-refractivity contribution in [1.29, 1.82) is 0 Å². The Morgan fingerprint density at radius 3 is 1.95 bits per heavy atom. The number of allylic oxidation sites excluding steroid dienone is 1. The number of carbonyl (C=O) groups is 2. The maximum Gasteiger partial charge on any atom is 0.410 e. The van der Waals surface area contributed by atoms with Gasteiger partial charge in [0.05, 0.1) is 0 Å². The Morgan fingerprint density at radius 2 is 1.60 bits per heavy atom. The van der Waals surface area contributed by atoms with Gasteiger partial charge < -0.3 is 14.4 Å². The van der Waals surface area contributed by atoms with E-state index in [1.54, 1.807) is 34.9 Å². The highest BCUT2D eigenvalue weighted by Gasteiger charge is 2.40. The SMILES string of the molecule is C/C=C/C(C)(C)C(OC(=O)N(C)C)C(=O)OC(C)(C)C. The standard InChI is InChI=1S/C15H27NO4/c1-9-10-15(5,6)11(19-13(18)16(7)8)12(17)20-14(2,3)4/h9-11H,1-8H3/b10-9+. The van der Waals surface area contributed by atoms with E-state index in [1.807, 2.05) is 32.9 Å². The first-order valence-electron chi connectivity index (χ1n) is 6.65. The summed E-state index contributed by atoms with van der Waals surface area (Å²) in [6, 6.07) is 0. The van der Waals surface area contributed by atoms with E-state index in [1.165, 1.54) is 4.90 Å². The number of esters is 1. The van der Waals surface area contributed by atoms with Crippen LogP contribution in [0.15, 0.2) is 12.2 Å². The molecule has 0 aliphatic heterocycles. The second-order valence-corrected chi connectivity index (χ2v) is 6.51. The molecule has 1 unspecified atom stereocenters. The van der Waals surface area contributed by atoms with E-state index < -0.39 is 29.2 Å². The first-order chi connectivity index (χ1) is 8.90. The zero-order valence-electron chi connectivity index (χ0n) is 13.8. The fourth-order valence-electron chi connectivity index (χ4n) is 1.58. The molecule has 0 aromatic heterocycles. The number of carbonyl (C=O) groups excluding carboxylic acids is 2. The number of hydrogen-bond acceptors (Lipinski definition) is 4. The molecule has 0 aromatic carbocycles. The zero-order chi connectivity index (χ0) is 16.1. The molecular weight excluding hydrogens is 258 g/mol. The van der Waals surface area contributed by atoms with Crippen LogP contribution in [0.3, 0.4) is 0 Å². The zero-order valence-corrected chi connectivity index (χ0v) is 13.8. The molecular formula is C15H27NO4. The molecule has 0 saturated carbocycles. The van der Waals surface area contributed by atoms with Gasteiger partial charge in [-0.25, -0.2) is 9.59 Å². The predicted octanol–water partition coefficient (Wildman–Crippen LogP) is 3.00. The highest BCUT2D eigenvalue weighted by molar-refractivity contribution is 5.80. The molecule has 0 fully saturated rings. The molecule has 1 amide bonds. The van der Waals surface area contributed by atoms with Crippen molar-refractivity contribution in [2.75, 3.05) is 14.1 Å². The van der Waals surface area contributed by atoms with Crippen LogP contribution in [-0.4, -0.2) is 42.8 Å². The van der Waals surface area contributed by atoms with E-state index in [0.29, 0.717) is 0 Å². The van der Waals surface area contributed by atoms with Crippen LogP contribution >= 0.6 is 0 Å². The van der Waals surface area contributed by atoms with Gasteiger partial charge in [0, 0.05) is 19.5 Å². The third-order valence-corrected chi connectivity index (χ3v) is 2.48. The van der Waals surface area contributed by atoms with Gasteiger partial charge in [0.1, 0.15) is 5.60 Å². The van der Waals surface area contributed by atoms with Gasteiger partial charge in [-0.1, -0.05) is 26.0 Å². The molecule has 0 rings (SSSR count). The van der Waals surface area contributed by atoms with Gasteiger partial charge in [0.15, 0.2) is 0 Å². The van der Waals surface area contributed by atoms with Crippen molar-refractivity contribution in [2.24, 2.45) is 5.41 Å². The summed E-state index contributed by atoms with van der Waals surface area (Å²) in [4.78, 5) is 25.3. The molecule has 0 heterocycles. The molecule has 0 aliphatic carbocycles. The number of ether oxygens (including phenoxy) is 2. The van der Waals surface area contributed by atoms with Crippen LogP contribution in [0, 0.1) is 5.41 Å². The van der Waals surface area contributed by atoms with Crippen molar-refractivity contribution in [3.8, 4) is 0 Å². The average Bonchev–Trinajstić information content (AvgIpc) is 2.22. The lowest BCUT2D eigenvalue weighted by Gasteiger charge is -2.32. The molecule has 0 spiro atoms. The van der Waals surface area contributed by atoms with E-state index in [9.17, 15) is 9.59 Å². The molecule has 0 radical (unpaired) electrons.